The van der Waals surface area contributed by atoms with Crippen molar-refractivity contribution in [1.82, 2.24) is 0 Å². The summed E-state index contributed by atoms with van der Waals surface area (Å²) >= 11 is 0. The van der Waals surface area contributed by atoms with E-state index in [4.69, 9.17) is 14.2 Å². The molecule has 2 aromatic carbocycles. The van der Waals surface area contributed by atoms with Crippen LogP contribution in [-0.4, -0.2) is 34.9 Å². The minimum atomic E-state index is -3.30. The molecule has 0 aromatic heterocycles. The second-order valence-corrected chi connectivity index (χ2v) is 7.07. The zero-order valence-electron chi connectivity index (χ0n) is 13.6. The van der Waals surface area contributed by atoms with Crippen molar-refractivity contribution in [2.75, 3.05) is 20.5 Å². The van der Waals surface area contributed by atoms with Crippen LogP contribution in [0.5, 0.6) is 11.5 Å². The maximum atomic E-state index is 12.1. The first-order valence-electron chi connectivity index (χ1n) is 7.03. The lowest BCUT2D eigenvalue weighted by molar-refractivity contribution is 0.0469. The topological polar surface area (TPSA) is 78.9 Å². The number of ether oxygens (including phenoxy) is 3. The lowest BCUT2D eigenvalue weighted by Gasteiger charge is -2.11. The van der Waals surface area contributed by atoms with Gasteiger partial charge in [0.25, 0.3) is 0 Å². The molecular formula is C17H18O6S. The lowest BCUT2D eigenvalue weighted by Crippen LogP contribution is -2.07. The fourth-order valence-electron chi connectivity index (χ4n) is 2.06. The number of benzene rings is 2. The Morgan fingerprint density at radius 2 is 1.67 bits per heavy atom. The molecule has 0 fully saturated rings. The third-order valence-electron chi connectivity index (χ3n) is 3.36. The fraction of sp³-hybridized carbons (Fsp3) is 0.235. The summed E-state index contributed by atoms with van der Waals surface area (Å²) < 4.78 is 38.4. The van der Waals surface area contributed by atoms with Crippen molar-refractivity contribution in [3.05, 3.63) is 53.6 Å². The van der Waals surface area contributed by atoms with Crippen molar-refractivity contribution in [2.45, 2.75) is 11.5 Å². The minimum Gasteiger partial charge on any atom is -0.497 e. The molecule has 0 atom stereocenters. The molecule has 0 unspecified atom stereocenters. The molecule has 0 N–H and O–H groups in total. The monoisotopic (exact) mass is 350 g/mol. The van der Waals surface area contributed by atoms with Gasteiger partial charge in [-0.3, -0.25) is 0 Å². The van der Waals surface area contributed by atoms with Gasteiger partial charge in [-0.05, 0) is 42.5 Å². The number of rotatable bonds is 6. The van der Waals surface area contributed by atoms with E-state index in [1.54, 1.807) is 25.3 Å². The smallest absolute Gasteiger partial charge is 0.338 e. The zero-order valence-corrected chi connectivity index (χ0v) is 14.4. The van der Waals surface area contributed by atoms with Crippen molar-refractivity contribution in [3.63, 3.8) is 0 Å². The number of methoxy groups -OCH3 is 2. The molecule has 0 heterocycles. The normalized spacial score (nSPS) is 11.0. The summed E-state index contributed by atoms with van der Waals surface area (Å²) in [6.45, 7) is 0.00698. The van der Waals surface area contributed by atoms with Gasteiger partial charge in [-0.25, -0.2) is 13.2 Å². The molecule has 0 aliphatic carbocycles. The first-order valence-corrected chi connectivity index (χ1v) is 8.92. The molecule has 0 bridgehead atoms. The van der Waals surface area contributed by atoms with E-state index in [0.717, 1.165) is 6.26 Å². The van der Waals surface area contributed by atoms with Gasteiger partial charge in [-0.1, -0.05) is 0 Å². The first-order chi connectivity index (χ1) is 11.3. The number of sulfone groups is 1. The predicted molar refractivity (Wildman–Crippen MR) is 88.2 cm³/mol. The lowest BCUT2D eigenvalue weighted by atomic mass is 10.2. The van der Waals surface area contributed by atoms with E-state index in [1.165, 1.54) is 31.4 Å². The van der Waals surface area contributed by atoms with Gasteiger partial charge in [-0.2, -0.15) is 0 Å². The van der Waals surface area contributed by atoms with Crippen LogP contribution in [0.25, 0.3) is 0 Å². The van der Waals surface area contributed by atoms with E-state index in [-0.39, 0.29) is 17.1 Å². The van der Waals surface area contributed by atoms with Crippen molar-refractivity contribution < 1.29 is 27.4 Å². The highest BCUT2D eigenvalue weighted by Gasteiger charge is 2.13. The summed E-state index contributed by atoms with van der Waals surface area (Å²) in [6, 6.07) is 10.8. The molecule has 0 saturated carbocycles. The van der Waals surface area contributed by atoms with Crippen LogP contribution in [0.15, 0.2) is 47.4 Å². The van der Waals surface area contributed by atoms with Crippen LogP contribution >= 0.6 is 0 Å². The van der Waals surface area contributed by atoms with Gasteiger partial charge in [0.15, 0.2) is 9.84 Å². The summed E-state index contributed by atoms with van der Waals surface area (Å²) in [5.74, 6) is 0.648. The predicted octanol–water partition coefficient (Wildman–Crippen LogP) is 2.46. The Hall–Kier alpha value is -2.54. The molecular weight excluding hydrogens is 332 g/mol. The maximum absolute atomic E-state index is 12.1. The summed E-state index contributed by atoms with van der Waals surface area (Å²) in [7, 11) is -0.232. The van der Waals surface area contributed by atoms with Crippen molar-refractivity contribution >= 4 is 15.8 Å². The van der Waals surface area contributed by atoms with E-state index in [9.17, 15) is 13.2 Å². The van der Waals surface area contributed by atoms with E-state index < -0.39 is 15.8 Å². The molecule has 0 radical (unpaired) electrons. The van der Waals surface area contributed by atoms with Crippen molar-refractivity contribution in [3.8, 4) is 11.5 Å². The number of carbonyl (C=O) groups excluding carboxylic acids is 1. The van der Waals surface area contributed by atoms with Crippen molar-refractivity contribution in [2.24, 2.45) is 0 Å². The van der Waals surface area contributed by atoms with Crippen LogP contribution in [-0.2, 0) is 21.2 Å². The summed E-state index contributed by atoms with van der Waals surface area (Å²) in [5, 5.41) is 0. The highest BCUT2D eigenvalue weighted by atomic mass is 32.2. The second kappa shape index (κ2) is 7.35. The Morgan fingerprint density at radius 3 is 2.21 bits per heavy atom. The van der Waals surface area contributed by atoms with E-state index in [0.29, 0.717) is 17.1 Å². The number of esters is 1. The van der Waals surface area contributed by atoms with Gasteiger partial charge in [0.1, 0.15) is 18.1 Å². The Bertz CT molecular complexity index is 825. The van der Waals surface area contributed by atoms with Crippen LogP contribution in [0.4, 0.5) is 0 Å². The highest BCUT2D eigenvalue weighted by molar-refractivity contribution is 7.90. The third-order valence-corrected chi connectivity index (χ3v) is 4.49. The number of carbonyl (C=O) groups is 1. The molecule has 2 aromatic rings. The number of hydrogen-bond acceptors (Lipinski definition) is 6. The zero-order chi connectivity index (χ0) is 17.7. The molecule has 0 saturated heterocycles. The molecule has 6 nitrogen and oxygen atoms in total. The average Bonchev–Trinajstić information content (AvgIpc) is 2.58. The van der Waals surface area contributed by atoms with Crippen LogP contribution in [0, 0.1) is 0 Å². The Morgan fingerprint density at radius 1 is 1.00 bits per heavy atom. The van der Waals surface area contributed by atoms with E-state index in [1.807, 2.05) is 0 Å². The summed E-state index contributed by atoms with van der Waals surface area (Å²) in [6.07, 6.45) is 1.11. The largest absolute Gasteiger partial charge is 0.497 e. The molecule has 7 heteroatoms. The first kappa shape index (κ1) is 17.8. The van der Waals surface area contributed by atoms with Crippen LogP contribution < -0.4 is 9.47 Å². The van der Waals surface area contributed by atoms with Crippen molar-refractivity contribution in [1.29, 1.82) is 0 Å². The Kier molecular flexibility index (Phi) is 5.46. The highest BCUT2D eigenvalue weighted by Crippen LogP contribution is 2.25. The Balaban J connectivity index is 2.11. The molecule has 128 valence electrons. The second-order valence-electron chi connectivity index (χ2n) is 5.05. The van der Waals surface area contributed by atoms with Gasteiger partial charge >= 0.3 is 5.97 Å². The Labute approximate surface area is 140 Å². The van der Waals surface area contributed by atoms with Crippen LogP contribution in [0.3, 0.4) is 0 Å². The van der Waals surface area contributed by atoms with Gasteiger partial charge in [0.05, 0.1) is 24.7 Å². The molecule has 0 aliphatic heterocycles. The van der Waals surface area contributed by atoms with Gasteiger partial charge in [0, 0.05) is 11.8 Å². The maximum Gasteiger partial charge on any atom is 0.338 e. The summed E-state index contributed by atoms with van der Waals surface area (Å²) in [5.41, 5.74) is 0.933. The minimum absolute atomic E-state index is 0.00698. The third kappa shape index (κ3) is 4.26. The SMILES string of the molecule is COc1ccc(OC)c(COC(=O)c2ccc(S(C)(=O)=O)cc2)c1. The molecule has 2 rings (SSSR count). The standard InChI is InChI=1S/C17H18O6S/c1-21-14-6-9-16(22-2)13(10-14)11-23-17(18)12-4-7-15(8-5-12)24(3,19)20/h4-10H,11H2,1-3H3. The van der Waals surface area contributed by atoms with Gasteiger partial charge in [0.2, 0.25) is 0 Å². The van der Waals surface area contributed by atoms with E-state index >= 15 is 0 Å². The fourth-order valence-corrected chi connectivity index (χ4v) is 2.69. The number of hydrogen-bond donors (Lipinski definition) is 0. The summed E-state index contributed by atoms with van der Waals surface area (Å²) in [4.78, 5) is 12.2. The van der Waals surface area contributed by atoms with Crippen LogP contribution in [0.2, 0.25) is 0 Å². The quantitative estimate of drug-likeness (QED) is 0.745. The molecule has 24 heavy (non-hydrogen) atoms. The van der Waals surface area contributed by atoms with Gasteiger partial charge < -0.3 is 14.2 Å². The van der Waals surface area contributed by atoms with E-state index in [2.05, 4.69) is 0 Å². The molecule has 0 amide bonds. The van der Waals surface area contributed by atoms with Gasteiger partial charge in [-0.15, -0.1) is 0 Å². The molecule has 0 aliphatic rings. The van der Waals surface area contributed by atoms with Crippen LogP contribution in [0.1, 0.15) is 15.9 Å². The average molecular weight is 350 g/mol. The molecule has 0 spiro atoms.